The van der Waals surface area contributed by atoms with Crippen molar-refractivity contribution in [1.29, 1.82) is 0 Å². The standard InChI is InChI=1S/C13H18O3S/c1-2-11-17(15,16)13-8-6-12(7-9-13)5-3-4-10-14/h3,5-9,14H,2,4,10-11H2,1H3. The lowest BCUT2D eigenvalue weighted by Gasteiger charge is -2.02. The highest BCUT2D eigenvalue weighted by Crippen LogP contribution is 2.14. The summed E-state index contributed by atoms with van der Waals surface area (Å²) >= 11 is 0. The largest absolute Gasteiger partial charge is 0.396 e. The van der Waals surface area contributed by atoms with Crippen molar-refractivity contribution in [2.75, 3.05) is 12.4 Å². The van der Waals surface area contributed by atoms with E-state index in [1.54, 1.807) is 24.3 Å². The van der Waals surface area contributed by atoms with Crippen molar-refractivity contribution in [2.24, 2.45) is 0 Å². The molecular formula is C13H18O3S. The maximum absolute atomic E-state index is 11.8. The highest BCUT2D eigenvalue weighted by molar-refractivity contribution is 7.91. The van der Waals surface area contributed by atoms with Crippen LogP contribution in [-0.2, 0) is 9.84 Å². The molecule has 0 radical (unpaired) electrons. The van der Waals surface area contributed by atoms with Gasteiger partial charge in [0.05, 0.1) is 10.6 Å². The molecule has 0 aliphatic carbocycles. The summed E-state index contributed by atoms with van der Waals surface area (Å²) in [6.07, 6.45) is 4.96. The van der Waals surface area contributed by atoms with Gasteiger partial charge in [0.2, 0.25) is 0 Å². The van der Waals surface area contributed by atoms with E-state index in [2.05, 4.69) is 0 Å². The molecule has 0 unspecified atom stereocenters. The third kappa shape index (κ3) is 4.32. The molecular weight excluding hydrogens is 236 g/mol. The molecule has 1 aromatic carbocycles. The van der Waals surface area contributed by atoms with Crippen LogP contribution in [0.5, 0.6) is 0 Å². The average molecular weight is 254 g/mol. The summed E-state index contributed by atoms with van der Waals surface area (Å²) in [5.41, 5.74) is 0.939. The third-order valence-electron chi connectivity index (χ3n) is 2.32. The van der Waals surface area contributed by atoms with E-state index < -0.39 is 9.84 Å². The molecule has 1 N–H and O–H groups in total. The van der Waals surface area contributed by atoms with Gasteiger partial charge < -0.3 is 5.11 Å². The monoisotopic (exact) mass is 254 g/mol. The fourth-order valence-electron chi connectivity index (χ4n) is 1.47. The van der Waals surface area contributed by atoms with Crippen LogP contribution in [0.1, 0.15) is 25.3 Å². The van der Waals surface area contributed by atoms with Crippen molar-refractivity contribution in [3.05, 3.63) is 35.9 Å². The van der Waals surface area contributed by atoms with Crippen LogP contribution in [-0.4, -0.2) is 25.9 Å². The lowest BCUT2D eigenvalue weighted by atomic mass is 10.2. The van der Waals surface area contributed by atoms with Gasteiger partial charge in [0, 0.05) is 6.61 Å². The Kier molecular flexibility index (Phi) is 5.38. The molecule has 0 atom stereocenters. The summed E-state index contributed by atoms with van der Waals surface area (Å²) < 4.78 is 23.5. The minimum Gasteiger partial charge on any atom is -0.396 e. The van der Waals surface area contributed by atoms with Crippen LogP contribution < -0.4 is 0 Å². The van der Waals surface area contributed by atoms with Crippen molar-refractivity contribution in [2.45, 2.75) is 24.7 Å². The molecule has 0 aliphatic rings. The first-order valence-corrected chi connectivity index (χ1v) is 7.35. The molecule has 0 spiro atoms. The number of rotatable bonds is 6. The lowest BCUT2D eigenvalue weighted by molar-refractivity contribution is 0.303. The molecule has 0 heterocycles. The molecule has 0 saturated heterocycles. The quantitative estimate of drug-likeness (QED) is 0.847. The normalized spacial score (nSPS) is 12.1. The summed E-state index contributed by atoms with van der Waals surface area (Å²) in [6.45, 7) is 1.98. The molecule has 0 bridgehead atoms. The van der Waals surface area contributed by atoms with Crippen LogP contribution in [0, 0.1) is 0 Å². The van der Waals surface area contributed by atoms with Crippen LogP contribution in [0.15, 0.2) is 35.2 Å². The second kappa shape index (κ2) is 6.57. The zero-order valence-corrected chi connectivity index (χ0v) is 10.8. The first-order valence-electron chi connectivity index (χ1n) is 5.70. The molecule has 3 nitrogen and oxygen atoms in total. The Balaban J connectivity index is 2.81. The molecule has 0 aliphatic heterocycles. The number of sulfone groups is 1. The Morgan fingerprint density at radius 3 is 2.41 bits per heavy atom. The van der Waals surface area contributed by atoms with Crippen molar-refractivity contribution in [1.82, 2.24) is 0 Å². The van der Waals surface area contributed by atoms with E-state index in [0.29, 0.717) is 17.7 Å². The molecule has 0 fully saturated rings. The van der Waals surface area contributed by atoms with E-state index in [0.717, 1.165) is 5.56 Å². The fourth-order valence-corrected chi connectivity index (χ4v) is 2.79. The summed E-state index contributed by atoms with van der Waals surface area (Å²) in [6, 6.07) is 6.81. The number of hydrogen-bond acceptors (Lipinski definition) is 3. The molecule has 0 saturated carbocycles. The van der Waals surface area contributed by atoms with E-state index in [-0.39, 0.29) is 12.4 Å². The molecule has 1 rings (SSSR count). The Labute approximate surface area is 103 Å². The Bertz CT molecular complexity index is 458. The van der Waals surface area contributed by atoms with Crippen molar-refractivity contribution < 1.29 is 13.5 Å². The Morgan fingerprint density at radius 2 is 1.88 bits per heavy atom. The smallest absolute Gasteiger partial charge is 0.178 e. The van der Waals surface area contributed by atoms with Gasteiger partial charge in [0.1, 0.15) is 0 Å². The average Bonchev–Trinajstić information content (AvgIpc) is 2.30. The van der Waals surface area contributed by atoms with Crippen LogP contribution >= 0.6 is 0 Å². The molecule has 1 aromatic rings. The van der Waals surface area contributed by atoms with Gasteiger partial charge in [-0.3, -0.25) is 0 Å². The topological polar surface area (TPSA) is 54.4 Å². The first-order chi connectivity index (χ1) is 8.10. The fraction of sp³-hybridized carbons (Fsp3) is 0.385. The van der Waals surface area contributed by atoms with Gasteiger partial charge in [-0.2, -0.15) is 0 Å². The predicted octanol–water partition coefficient (Wildman–Crippen LogP) is 2.27. The molecule has 4 heteroatoms. The van der Waals surface area contributed by atoms with E-state index in [1.165, 1.54) is 0 Å². The van der Waals surface area contributed by atoms with Gasteiger partial charge in [-0.15, -0.1) is 0 Å². The second-order valence-electron chi connectivity index (χ2n) is 3.80. The zero-order chi connectivity index (χ0) is 12.7. The summed E-state index contributed by atoms with van der Waals surface area (Å²) in [7, 11) is -3.12. The number of hydrogen-bond donors (Lipinski definition) is 1. The maximum atomic E-state index is 11.8. The number of aliphatic hydroxyl groups excluding tert-OH is 1. The second-order valence-corrected chi connectivity index (χ2v) is 5.91. The van der Waals surface area contributed by atoms with Crippen LogP contribution in [0.4, 0.5) is 0 Å². The zero-order valence-electron chi connectivity index (χ0n) is 9.96. The van der Waals surface area contributed by atoms with Gasteiger partial charge in [0.25, 0.3) is 0 Å². The predicted molar refractivity (Wildman–Crippen MR) is 69.5 cm³/mol. The van der Waals surface area contributed by atoms with Gasteiger partial charge >= 0.3 is 0 Å². The highest BCUT2D eigenvalue weighted by atomic mass is 32.2. The van der Waals surface area contributed by atoms with E-state index in [1.807, 2.05) is 19.1 Å². The molecule has 0 amide bonds. The summed E-state index contributed by atoms with van der Waals surface area (Å²) in [5, 5.41) is 8.62. The van der Waals surface area contributed by atoms with Crippen LogP contribution in [0.25, 0.3) is 6.08 Å². The number of aliphatic hydroxyl groups is 1. The third-order valence-corrected chi connectivity index (χ3v) is 4.25. The van der Waals surface area contributed by atoms with Gasteiger partial charge in [-0.05, 0) is 30.5 Å². The first kappa shape index (κ1) is 13.9. The minimum atomic E-state index is -3.12. The summed E-state index contributed by atoms with van der Waals surface area (Å²) in [4.78, 5) is 0.374. The van der Waals surface area contributed by atoms with E-state index in [9.17, 15) is 8.42 Å². The Morgan fingerprint density at radius 1 is 1.24 bits per heavy atom. The maximum Gasteiger partial charge on any atom is 0.178 e. The highest BCUT2D eigenvalue weighted by Gasteiger charge is 2.11. The number of benzene rings is 1. The van der Waals surface area contributed by atoms with Gasteiger partial charge in [-0.1, -0.05) is 31.2 Å². The lowest BCUT2D eigenvalue weighted by Crippen LogP contribution is -2.05. The van der Waals surface area contributed by atoms with Crippen LogP contribution in [0.2, 0.25) is 0 Å². The molecule has 0 aromatic heterocycles. The van der Waals surface area contributed by atoms with Crippen LogP contribution in [0.3, 0.4) is 0 Å². The molecule has 17 heavy (non-hydrogen) atoms. The van der Waals surface area contributed by atoms with Crippen molar-refractivity contribution >= 4 is 15.9 Å². The van der Waals surface area contributed by atoms with Crippen molar-refractivity contribution in [3.63, 3.8) is 0 Å². The Hall–Kier alpha value is -1.13. The van der Waals surface area contributed by atoms with E-state index >= 15 is 0 Å². The molecule has 94 valence electrons. The minimum absolute atomic E-state index is 0.124. The SMILES string of the molecule is CCCS(=O)(=O)c1ccc(C=CCCO)cc1. The van der Waals surface area contributed by atoms with Crippen molar-refractivity contribution in [3.8, 4) is 0 Å². The van der Waals surface area contributed by atoms with Gasteiger partial charge in [-0.25, -0.2) is 8.42 Å². The van der Waals surface area contributed by atoms with Gasteiger partial charge in [0.15, 0.2) is 9.84 Å². The van der Waals surface area contributed by atoms with E-state index in [4.69, 9.17) is 5.11 Å². The summed E-state index contributed by atoms with van der Waals surface area (Å²) in [5.74, 6) is 0.187.